The van der Waals surface area contributed by atoms with Crippen molar-refractivity contribution in [3.63, 3.8) is 0 Å². The summed E-state index contributed by atoms with van der Waals surface area (Å²) in [5, 5.41) is 41.1. The monoisotopic (exact) mass is 917 g/mol. The third-order valence-corrected chi connectivity index (χ3v) is 15.0. The number of nitrogens with zero attached hydrogens (tertiary/aromatic N) is 4. The molecule has 4 N–H and O–H groups in total. The first-order chi connectivity index (χ1) is 29.5. The van der Waals surface area contributed by atoms with Crippen LogP contribution >= 0.6 is 0 Å². The van der Waals surface area contributed by atoms with Crippen molar-refractivity contribution >= 4 is 23.6 Å². The van der Waals surface area contributed by atoms with E-state index < -0.39 is 22.4 Å². The SMILES string of the molecule is CC(C)[C@@](C)(O)[C@H](C)C(=O)N1CCOCC1.CC(C)[C@@](C)(O)[C@H](C)C(=O)N1CCOCC1.CC(C)[C@](C)(O)[C@@H](C)C(=O)N1CCOCC1.CC(C)[C@](C)(O)[C@@H](C)C(=O)N1CCOCC1. The molecule has 4 rings (SSSR count). The van der Waals surface area contributed by atoms with Gasteiger partial charge in [-0.25, -0.2) is 0 Å². The van der Waals surface area contributed by atoms with Crippen LogP contribution < -0.4 is 0 Å². The van der Waals surface area contributed by atoms with Gasteiger partial charge in [0.15, 0.2) is 0 Å². The van der Waals surface area contributed by atoms with E-state index in [1.54, 1.807) is 75.0 Å². The molecule has 4 saturated heterocycles. The Hall–Kier alpha value is -2.44. The molecule has 376 valence electrons. The van der Waals surface area contributed by atoms with Gasteiger partial charge in [-0.15, -0.1) is 0 Å². The average molecular weight is 917 g/mol. The zero-order chi connectivity index (χ0) is 49.4. The fourth-order valence-corrected chi connectivity index (χ4v) is 7.23. The lowest BCUT2D eigenvalue weighted by Crippen LogP contribution is -2.51. The highest BCUT2D eigenvalue weighted by Gasteiger charge is 2.42. The molecule has 4 aliphatic rings. The molecule has 0 aromatic rings. The molecule has 4 amide bonds. The minimum absolute atomic E-state index is 0.0296. The van der Waals surface area contributed by atoms with Crippen molar-refractivity contribution in [3.8, 4) is 0 Å². The molecule has 16 nitrogen and oxygen atoms in total. The highest BCUT2D eigenvalue weighted by Crippen LogP contribution is 2.30. The summed E-state index contributed by atoms with van der Waals surface area (Å²) in [7, 11) is 0. The van der Waals surface area contributed by atoms with E-state index in [1.807, 2.05) is 55.4 Å². The Morgan fingerprint density at radius 1 is 0.328 bits per heavy atom. The molecule has 0 aliphatic carbocycles. The van der Waals surface area contributed by atoms with Gasteiger partial charge in [0, 0.05) is 52.4 Å². The summed E-state index contributed by atoms with van der Waals surface area (Å²) in [6.45, 7) is 39.5. The Kier molecular flexibility index (Phi) is 24.9. The third-order valence-electron chi connectivity index (χ3n) is 15.0. The van der Waals surface area contributed by atoms with Crippen molar-refractivity contribution < 1.29 is 58.6 Å². The molecule has 16 heteroatoms. The molecule has 0 aromatic carbocycles. The second-order valence-corrected chi connectivity index (χ2v) is 20.2. The quantitative estimate of drug-likeness (QED) is 0.223. The summed E-state index contributed by atoms with van der Waals surface area (Å²) in [5.41, 5.74) is -3.80. The number of carbonyl (C=O) groups excluding carboxylic acids is 4. The molecule has 0 spiro atoms. The van der Waals surface area contributed by atoms with Crippen molar-refractivity contribution in [1.82, 2.24) is 19.6 Å². The van der Waals surface area contributed by atoms with Gasteiger partial charge in [-0.05, 0) is 51.4 Å². The summed E-state index contributed by atoms with van der Waals surface area (Å²) < 4.78 is 20.8. The lowest BCUT2D eigenvalue weighted by atomic mass is 9.80. The molecule has 0 bridgehead atoms. The fraction of sp³-hybridized carbons (Fsp3) is 0.917. The van der Waals surface area contributed by atoms with Crippen LogP contribution in [0.15, 0.2) is 0 Å². The molecule has 0 saturated carbocycles. The van der Waals surface area contributed by atoms with Crippen LogP contribution in [0.25, 0.3) is 0 Å². The number of hydrogen-bond donors (Lipinski definition) is 4. The second-order valence-electron chi connectivity index (χ2n) is 20.2. The molecule has 0 unspecified atom stereocenters. The lowest BCUT2D eigenvalue weighted by molar-refractivity contribution is -0.151. The zero-order valence-electron chi connectivity index (χ0n) is 42.8. The fourth-order valence-electron chi connectivity index (χ4n) is 7.23. The summed E-state index contributed by atoms with van der Waals surface area (Å²) >= 11 is 0. The van der Waals surface area contributed by atoms with Gasteiger partial charge in [-0.2, -0.15) is 0 Å². The maximum Gasteiger partial charge on any atom is 0.228 e. The van der Waals surface area contributed by atoms with E-state index in [4.69, 9.17) is 18.9 Å². The number of morpholine rings is 4. The number of aliphatic hydroxyl groups is 4. The van der Waals surface area contributed by atoms with Crippen LogP contribution in [-0.4, -0.2) is 191 Å². The third kappa shape index (κ3) is 17.0. The minimum atomic E-state index is -0.949. The molecular formula is C48H92N4O12. The first-order valence-electron chi connectivity index (χ1n) is 23.8. The number of rotatable bonds is 12. The van der Waals surface area contributed by atoms with Gasteiger partial charge in [0.25, 0.3) is 0 Å². The van der Waals surface area contributed by atoms with Crippen LogP contribution in [0.4, 0.5) is 0 Å². The number of amides is 4. The molecule has 4 aliphatic heterocycles. The summed E-state index contributed by atoms with van der Waals surface area (Å²) in [6.07, 6.45) is 0. The molecular weight excluding hydrogens is 825 g/mol. The minimum Gasteiger partial charge on any atom is -0.389 e. The summed E-state index contributed by atoms with van der Waals surface area (Å²) in [4.78, 5) is 55.8. The van der Waals surface area contributed by atoms with Gasteiger partial charge < -0.3 is 59.0 Å². The van der Waals surface area contributed by atoms with Crippen LogP contribution in [0.5, 0.6) is 0 Å². The van der Waals surface area contributed by atoms with E-state index in [0.29, 0.717) is 105 Å². The van der Waals surface area contributed by atoms with Crippen molar-refractivity contribution in [3.05, 3.63) is 0 Å². The highest BCUT2D eigenvalue weighted by atomic mass is 16.5. The average Bonchev–Trinajstić information content (AvgIpc) is 3.28. The van der Waals surface area contributed by atoms with E-state index in [2.05, 4.69) is 0 Å². The van der Waals surface area contributed by atoms with Crippen molar-refractivity contribution in [1.29, 1.82) is 0 Å². The van der Waals surface area contributed by atoms with E-state index in [0.717, 1.165) is 0 Å². The van der Waals surface area contributed by atoms with Crippen molar-refractivity contribution in [2.24, 2.45) is 47.3 Å². The maximum atomic E-state index is 12.2. The molecule has 4 fully saturated rings. The van der Waals surface area contributed by atoms with Gasteiger partial charge in [-0.1, -0.05) is 83.1 Å². The molecule has 0 aromatic heterocycles. The maximum absolute atomic E-state index is 12.2. The molecule has 64 heavy (non-hydrogen) atoms. The Balaban J connectivity index is 0.000000427. The number of ether oxygens (including phenoxy) is 4. The van der Waals surface area contributed by atoms with Crippen LogP contribution in [-0.2, 0) is 38.1 Å². The first kappa shape index (κ1) is 59.6. The second kappa shape index (κ2) is 26.8. The Morgan fingerprint density at radius 2 is 0.453 bits per heavy atom. The standard InChI is InChI=1S/4C12H23NO3/c4*1-9(2)12(4,15)10(3)11(14)13-5-7-16-8-6-13/h4*9-10,15H,5-8H2,1-4H3/t4*10-,12-/m1100/s1. The van der Waals surface area contributed by atoms with Gasteiger partial charge in [0.1, 0.15) is 0 Å². The highest BCUT2D eigenvalue weighted by molar-refractivity contribution is 5.81. The van der Waals surface area contributed by atoms with Gasteiger partial charge in [-0.3, -0.25) is 19.2 Å². The van der Waals surface area contributed by atoms with E-state index >= 15 is 0 Å². The Bertz CT molecular complexity index is 1190. The van der Waals surface area contributed by atoms with E-state index in [9.17, 15) is 39.6 Å². The topological polar surface area (TPSA) is 199 Å². The zero-order valence-corrected chi connectivity index (χ0v) is 42.8. The predicted octanol–water partition coefficient (Wildman–Crippen LogP) is 3.55. The van der Waals surface area contributed by atoms with Gasteiger partial charge in [0.2, 0.25) is 23.6 Å². The van der Waals surface area contributed by atoms with Crippen LogP contribution in [0, 0.1) is 47.3 Å². The summed E-state index contributed by atoms with van der Waals surface area (Å²) in [6, 6.07) is 0. The van der Waals surface area contributed by atoms with E-state index in [1.165, 1.54) is 0 Å². The molecule has 4 heterocycles. The molecule has 8 atom stereocenters. The van der Waals surface area contributed by atoms with Crippen LogP contribution in [0.1, 0.15) is 111 Å². The van der Waals surface area contributed by atoms with Crippen molar-refractivity contribution in [2.45, 2.75) is 133 Å². The number of carbonyl (C=O) groups is 4. The van der Waals surface area contributed by atoms with Crippen molar-refractivity contribution in [2.75, 3.05) is 105 Å². The van der Waals surface area contributed by atoms with Crippen LogP contribution in [0.3, 0.4) is 0 Å². The summed E-state index contributed by atoms with van der Waals surface area (Å²) in [5.74, 6) is -1.11. The largest absolute Gasteiger partial charge is 0.389 e. The lowest BCUT2D eigenvalue weighted by Gasteiger charge is -2.37. The molecule has 0 radical (unpaired) electrons. The van der Waals surface area contributed by atoms with Gasteiger partial charge >= 0.3 is 0 Å². The smallest absolute Gasteiger partial charge is 0.228 e. The first-order valence-corrected chi connectivity index (χ1v) is 23.8. The van der Waals surface area contributed by atoms with E-state index in [-0.39, 0.29) is 71.0 Å². The Labute approximate surface area is 386 Å². The predicted molar refractivity (Wildman–Crippen MR) is 248 cm³/mol. The Morgan fingerprint density at radius 3 is 0.562 bits per heavy atom. The van der Waals surface area contributed by atoms with Gasteiger partial charge in [0.05, 0.1) is 98.9 Å². The van der Waals surface area contributed by atoms with Crippen LogP contribution in [0.2, 0.25) is 0 Å². The normalized spacial score (nSPS) is 23.0. The number of hydrogen-bond acceptors (Lipinski definition) is 12.